The van der Waals surface area contributed by atoms with Crippen molar-refractivity contribution in [2.75, 3.05) is 33.0 Å². The van der Waals surface area contributed by atoms with E-state index in [1.807, 2.05) is 6.07 Å². The summed E-state index contributed by atoms with van der Waals surface area (Å²) in [6, 6.07) is 13.4. The number of carbonyl (C=O) groups excluding carboxylic acids is 1. The molecule has 178 valence electrons. The largest absolute Gasteiger partial charge is 0.463 e. The van der Waals surface area contributed by atoms with Gasteiger partial charge in [-0.2, -0.15) is 5.26 Å². The molecule has 0 bridgehead atoms. The van der Waals surface area contributed by atoms with Gasteiger partial charge in [-0.3, -0.25) is 14.2 Å². The Labute approximate surface area is 196 Å². The third-order valence-electron chi connectivity index (χ3n) is 4.95. The minimum Gasteiger partial charge on any atom is -0.463 e. The molecule has 0 fully saturated rings. The van der Waals surface area contributed by atoms with Gasteiger partial charge in [0.05, 0.1) is 56.1 Å². The number of hydrogen-bond donors (Lipinski definition) is 0. The first-order chi connectivity index (χ1) is 16.4. The summed E-state index contributed by atoms with van der Waals surface area (Å²) in [5.41, 5.74) is 0.539. The van der Waals surface area contributed by atoms with Crippen LogP contribution >= 0.6 is 0 Å². The van der Waals surface area contributed by atoms with Crippen molar-refractivity contribution in [2.45, 2.75) is 20.4 Å². The van der Waals surface area contributed by atoms with Crippen LogP contribution in [0.3, 0.4) is 0 Å². The standard InChI is InChI=1S/C25H26N2O7/c1-17(2)24(29)33-13-12-32-11-10-31-9-8-27-22(28)7-6-20-15-21(25(30)34-23(20)27)19-5-3-4-18(14-19)16-26/h3-7,14-15,17H,8-13H2,1-2H3. The van der Waals surface area contributed by atoms with Gasteiger partial charge in [0.1, 0.15) is 6.61 Å². The Kier molecular flexibility index (Phi) is 8.73. The van der Waals surface area contributed by atoms with Crippen molar-refractivity contribution in [3.05, 3.63) is 68.8 Å². The Hall–Kier alpha value is -3.74. The minimum atomic E-state index is -0.602. The van der Waals surface area contributed by atoms with Gasteiger partial charge in [-0.1, -0.05) is 26.0 Å². The molecule has 2 heterocycles. The Morgan fingerprint density at radius 2 is 1.76 bits per heavy atom. The number of rotatable bonds is 11. The average Bonchev–Trinajstić information content (AvgIpc) is 2.83. The van der Waals surface area contributed by atoms with Crippen molar-refractivity contribution in [1.29, 1.82) is 5.26 Å². The molecule has 9 nitrogen and oxygen atoms in total. The third kappa shape index (κ3) is 6.41. The number of aromatic nitrogens is 1. The molecule has 0 saturated carbocycles. The zero-order valence-electron chi connectivity index (χ0n) is 19.1. The Morgan fingerprint density at radius 3 is 2.50 bits per heavy atom. The fourth-order valence-corrected chi connectivity index (χ4v) is 3.17. The Balaban J connectivity index is 1.58. The van der Waals surface area contributed by atoms with Crippen LogP contribution in [0.5, 0.6) is 0 Å². The predicted molar refractivity (Wildman–Crippen MR) is 124 cm³/mol. The Morgan fingerprint density at radius 1 is 1.03 bits per heavy atom. The monoisotopic (exact) mass is 466 g/mol. The molecule has 2 aromatic heterocycles. The summed E-state index contributed by atoms with van der Waals surface area (Å²) in [7, 11) is 0. The van der Waals surface area contributed by atoms with E-state index in [1.54, 1.807) is 50.2 Å². The lowest BCUT2D eigenvalue weighted by Crippen LogP contribution is -2.23. The summed E-state index contributed by atoms with van der Waals surface area (Å²) < 4.78 is 22.7. The van der Waals surface area contributed by atoms with E-state index >= 15 is 0 Å². The molecule has 0 aliphatic rings. The van der Waals surface area contributed by atoms with Gasteiger partial charge in [0.2, 0.25) is 5.71 Å². The topological polar surface area (TPSA) is 121 Å². The molecule has 0 N–H and O–H groups in total. The zero-order valence-corrected chi connectivity index (χ0v) is 19.1. The van der Waals surface area contributed by atoms with Crippen LogP contribution in [0.2, 0.25) is 0 Å². The highest BCUT2D eigenvalue weighted by molar-refractivity contribution is 5.79. The van der Waals surface area contributed by atoms with Crippen molar-refractivity contribution in [1.82, 2.24) is 4.57 Å². The smallest absolute Gasteiger partial charge is 0.345 e. The van der Waals surface area contributed by atoms with E-state index in [2.05, 4.69) is 0 Å². The number of nitrogens with zero attached hydrogens (tertiary/aromatic N) is 2. The van der Waals surface area contributed by atoms with Gasteiger partial charge < -0.3 is 18.6 Å². The van der Waals surface area contributed by atoms with E-state index in [-0.39, 0.29) is 49.5 Å². The van der Waals surface area contributed by atoms with Gasteiger partial charge in [-0.15, -0.1) is 0 Å². The molecule has 0 aliphatic carbocycles. The molecule has 0 unspecified atom stereocenters. The number of benzene rings is 1. The fraction of sp³-hybridized carbons (Fsp3) is 0.360. The number of nitriles is 1. The van der Waals surface area contributed by atoms with Crippen molar-refractivity contribution in [2.24, 2.45) is 5.92 Å². The van der Waals surface area contributed by atoms with Crippen LogP contribution in [-0.2, 0) is 25.5 Å². The van der Waals surface area contributed by atoms with E-state index in [9.17, 15) is 14.4 Å². The first-order valence-electron chi connectivity index (χ1n) is 10.9. The molecule has 34 heavy (non-hydrogen) atoms. The average molecular weight is 466 g/mol. The predicted octanol–water partition coefficient (Wildman–Crippen LogP) is 2.73. The molecule has 0 aliphatic heterocycles. The fourth-order valence-electron chi connectivity index (χ4n) is 3.17. The first kappa shape index (κ1) is 24.9. The van der Waals surface area contributed by atoms with E-state index in [0.29, 0.717) is 35.3 Å². The van der Waals surface area contributed by atoms with Crippen LogP contribution in [0.4, 0.5) is 0 Å². The maximum absolute atomic E-state index is 12.6. The zero-order chi connectivity index (χ0) is 24.5. The molecule has 0 spiro atoms. The van der Waals surface area contributed by atoms with Gasteiger partial charge in [0.25, 0.3) is 5.56 Å². The molecular weight excluding hydrogens is 440 g/mol. The number of esters is 1. The van der Waals surface area contributed by atoms with Gasteiger partial charge in [0.15, 0.2) is 0 Å². The summed E-state index contributed by atoms with van der Waals surface area (Å²) >= 11 is 0. The van der Waals surface area contributed by atoms with Crippen LogP contribution in [0.25, 0.3) is 22.2 Å². The first-order valence-corrected chi connectivity index (χ1v) is 10.9. The van der Waals surface area contributed by atoms with Crippen molar-refractivity contribution in [3.63, 3.8) is 0 Å². The molecule has 0 atom stereocenters. The molecular formula is C25H26N2O7. The van der Waals surface area contributed by atoms with Crippen LogP contribution in [0.15, 0.2) is 56.5 Å². The van der Waals surface area contributed by atoms with Crippen LogP contribution in [-0.4, -0.2) is 43.6 Å². The van der Waals surface area contributed by atoms with Crippen molar-refractivity contribution in [3.8, 4) is 17.2 Å². The molecule has 3 aromatic rings. The second kappa shape index (κ2) is 11.9. The molecule has 1 aromatic carbocycles. The normalized spacial score (nSPS) is 11.0. The number of hydrogen-bond acceptors (Lipinski definition) is 8. The summed E-state index contributed by atoms with van der Waals surface area (Å²) in [4.78, 5) is 36.3. The maximum Gasteiger partial charge on any atom is 0.345 e. The summed E-state index contributed by atoms with van der Waals surface area (Å²) in [5, 5.41) is 9.68. The molecule has 0 saturated heterocycles. The van der Waals surface area contributed by atoms with Crippen LogP contribution < -0.4 is 11.2 Å². The quantitative estimate of drug-likeness (QED) is 0.312. The van der Waals surface area contributed by atoms with Crippen molar-refractivity contribution >= 4 is 17.1 Å². The lowest BCUT2D eigenvalue weighted by atomic mass is 10.0. The molecule has 0 radical (unpaired) electrons. The SMILES string of the molecule is CC(C)C(=O)OCCOCCOCCn1c(=O)ccc2cc(-c3cccc(C#N)c3)c(=O)oc21. The second-order valence-electron chi connectivity index (χ2n) is 7.77. The van der Waals surface area contributed by atoms with Gasteiger partial charge >= 0.3 is 11.6 Å². The summed E-state index contributed by atoms with van der Waals surface area (Å²) in [6.45, 7) is 4.98. The van der Waals surface area contributed by atoms with Gasteiger partial charge in [0, 0.05) is 11.5 Å². The van der Waals surface area contributed by atoms with Crippen LogP contribution in [0.1, 0.15) is 19.4 Å². The maximum atomic E-state index is 12.6. The van der Waals surface area contributed by atoms with E-state index in [0.717, 1.165) is 0 Å². The molecule has 0 amide bonds. The van der Waals surface area contributed by atoms with Gasteiger partial charge in [-0.05, 0) is 29.8 Å². The highest BCUT2D eigenvalue weighted by Gasteiger charge is 2.12. The number of pyridine rings is 1. The minimum absolute atomic E-state index is 0.157. The van der Waals surface area contributed by atoms with Crippen molar-refractivity contribution < 1.29 is 23.4 Å². The number of ether oxygens (including phenoxy) is 3. The lowest BCUT2D eigenvalue weighted by molar-refractivity contribution is -0.149. The Bertz CT molecular complexity index is 1300. The summed E-state index contributed by atoms with van der Waals surface area (Å²) in [6.07, 6.45) is 0. The number of carbonyl (C=O) groups is 1. The van der Waals surface area contributed by atoms with E-state index in [4.69, 9.17) is 23.9 Å². The van der Waals surface area contributed by atoms with E-state index in [1.165, 1.54) is 10.6 Å². The number of fused-ring (bicyclic) bond motifs is 1. The highest BCUT2D eigenvalue weighted by Crippen LogP contribution is 2.21. The van der Waals surface area contributed by atoms with E-state index < -0.39 is 5.63 Å². The van der Waals surface area contributed by atoms with Gasteiger partial charge in [-0.25, -0.2) is 4.79 Å². The summed E-state index contributed by atoms with van der Waals surface area (Å²) in [5.74, 6) is -0.443. The second-order valence-corrected chi connectivity index (χ2v) is 7.77. The van der Waals surface area contributed by atoms with Crippen LogP contribution in [0, 0.1) is 17.2 Å². The lowest BCUT2D eigenvalue weighted by Gasteiger charge is -2.11. The highest BCUT2D eigenvalue weighted by atomic mass is 16.6. The third-order valence-corrected chi connectivity index (χ3v) is 4.95. The molecule has 3 rings (SSSR count). The molecule has 9 heteroatoms.